The molecule has 0 unspecified atom stereocenters. The third-order valence-electron chi connectivity index (χ3n) is 4.83. The molecule has 0 amide bonds. The highest BCUT2D eigenvalue weighted by atomic mass is 32.2. The zero-order valence-corrected chi connectivity index (χ0v) is 16.8. The second kappa shape index (κ2) is 7.34. The van der Waals surface area contributed by atoms with E-state index < -0.39 is 16.0 Å². The number of aromatic nitrogens is 2. The second-order valence-corrected chi connectivity index (χ2v) is 8.88. The van der Waals surface area contributed by atoms with Crippen LogP contribution in [0.15, 0.2) is 53.5 Å². The zero-order valence-electron chi connectivity index (χ0n) is 16.0. The van der Waals surface area contributed by atoms with Crippen molar-refractivity contribution in [3.63, 3.8) is 0 Å². The normalized spacial score (nSPS) is 11.8. The van der Waals surface area contributed by atoms with Crippen molar-refractivity contribution in [1.82, 2.24) is 9.97 Å². The van der Waals surface area contributed by atoms with E-state index in [-0.39, 0.29) is 12.0 Å². The molecule has 0 aliphatic rings. The molecule has 0 saturated carbocycles. The van der Waals surface area contributed by atoms with Crippen LogP contribution < -0.4 is 10.3 Å². The van der Waals surface area contributed by atoms with E-state index in [0.29, 0.717) is 28.5 Å². The average molecular weight is 425 g/mol. The van der Waals surface area contributed by atoms with E-state index in [2.05, 4.69) is 14.7 Å². The minimum Gasteiger partial charge on any atom is -0.481 e. The number of carboxylic acids is 1. The van der Waals surface area contributed by atoms with E-state index in [0.717, 1.165) is 28.3 Å². The molecule has 4 rings (SSSR count). The molecule has 0 aliphatic carbocycles. The Labute approximate surface area is 171 Å². The lowest BCUT2D eigenvalue weighted by molar-refractivity contribution is -0.136. The van der Waals surface area contributed by atoms with Gasteiger partial charge in [0.2, 0.25) is 10.0 Å². The van der Waals surface area contributed by atoms with Crippen molar-refractivity contribution in [2.24, 2.45) is 0 Å². The number of carboxylic acid groups (broad SMARTS) is 1. The van der Waals surface area contributed by atoms with Crippen LogP contribution in [0.3, 0.4) is 0 Å². The maximum Gasteiger partial charge on any atom is 0.303 e. The summed E-state index contributed by atoms with van der Waals surface area (Å²) in [4.78, 5) is 29.2. The van der Waals surface area contributed by atoms with Crippen molar-refractivity contribution in [2.75, 3.05) is 11.0 Å². The van der Waals surface area contributed by atoms with Gasteiger partial charge in [0.15, 0.2) is 0 Å². The quantitative estimate of drug-likeness (QED) is 0.377. The molecule has 30 heavy (non-hydrogen) atoms. The van der Waals surface area contributed by atoms with Gasteiger partial charge in [0.25, 0.3) is 5.56 Å². The largest absolute Gasteiger partial charge is 0.481 e. The van der Waals surface area contributed by atoms with Crippen LogP contribution >= 0.6 is 0 Å². The predicted octanol–water partition coefficient (Wildman–Crippen LogP) is 3.07. The summed E-state index contributed by atoms with van der Waals surface area (Å²) >= 11 is 0. The monoisotopic (exact) mass is 425 g/mol. The lowest BCUT2D eigenvalue weighted by Crippen LogP contribution is -2.09. The van der Waals surface area contributed by atoms with Gasteiger partial charge in [-0.1, -0.05) is 18.2 Å². The van der Waals surface area contributed by atoms with Crippen LogP contribution in [0.2, 0.25) is 0 Å². The number of benzene rings is 2. The minimum absolute atomic E-state index is 0.0415. The Morgan fingerprint density at radius 2 is 1.90 bits per heavy atom. The second-order valence-electron chi connectivity index (χ2n) is 7.13. The number of aryl methyl sites for hydroxylation is 1. The van der Waals surface area contributed by atoms with Gasteiger partial charge in [0, 0.05) is 34.6 Å². The van der Waals surface area contributed by atoms with Gasteiger partial charge in [-0.05, 0) is 47.4 Å². The summed E-state index contributed by atoms with van der Waals surface area (Å²) in [5.41, 5.74) is 3.60. The number of sulfonamides is 1. The summed E-state index contributed by atoms with van der Waals surface area (Å²) in [6, 6.07) is 12.5. The summed E-state index contributed by atoms with van der Waals surface area (Å²) in [6.45, 7) is 0. The smallest absolute Gasteiger partial charge is 0.303 e. The number of rotatable bonds is 6. The standard InChI is InChI=1S/C21H19N3O5S/c1-30(28,29)24-15-4-2-3-12(9-15)13-5-7-17-16(10-13)19-14(6-8-18(25)26)11-22-20(19)21(27)23-17/h2-5,7,9-11,22,24H,6,8H2,1H3,(H,23,27)(H,25,26). The molecule has 9 heteroatoms. The number of carbonyl (C=O) groups is 1. The van der Waals surface area contributed by atoms with Crippen LogP contribution in [0, 0.1) is 0 Å². The van der Waals surface area contributed by atoms with E-state index in [9.17, 15) is 18.0 Å². The number of aliphatic carboxylic acids is 1. The number of fused-ring (bicyclic) bond motifs is 3. The van der Waals surface area contributed by atoms with Crippen molar-refractivity contribution < 1.29 is 18.3 Å². The number of anilines is 1. The van der Waals surface area contributed by atoms with Crippen LogP contribution in [0.1, 0.15) is 12.0 Å². The summed E-state index contributed by atoms with van der Waals surface area (Å²) in [5, 5.41) is 10.5. The van der Waals surface area contributed by atoms with Gasteiger partial charge in [-0.2, -0.15) is 0 Å². The SMILES string of the molecule is CS(=O)(=O)Nc1cccc(-c2ccc3[nH]c(=O)c4[nH]cc(CCC(=O)O)c4c3c2)c1. The van der Waals surface area contributed by atoms with Crippen molar-refractivity contribution in [3.8, 4) is 11.1 Å². The molecule has 0 saturated heterocycles. The molecule has 0 atom stereocenters. The lowest BCUT2D eigenvalue weighted by atomic mass is 9.99. The molecule has 0 spiro atoms. The van der Waals surface area contributed by atoms with Gasteiger partial charge in [-0.15, -0.1) is 0 Å². The molecule has 4 N–H and O–H groups in total. The van der Waals surface area contributed by atoms with Crippen LogP contribution in [-0.4, -0.2) is 35.7 Å². The van der Waals surface area contributed by atoms with Crippen LogP contribution in [0.5, 0.6) is 0 Å². The molecular weight excluding hydrogens is 406 g/mol. The van der Waals surface area contributed by atoms with E-state index >= 15 is 0 Å². The Kier molecular flexibility index (Phi) is 4.83. The maximum atomic E-state index is 12.4. The van der Waals surface area contributed by atoms with Crippen LogP contribution in [-0.2, 0) is 21.2 Å². The number of hydrogen-bond acceptors (Lipinski definition) is 4. The molecule has 154 valence electrons. The van der Waals surface area contributed by atoms with E-state index in [1.54, 1.807) is 30.5 Å². The zero-order chi connectivity index (χ0) is 21.5. The molecule has 4 aromatic rings. The first-order valence-electron chi connectivity index (χ1n) is 9.17. The first-order chi connectivity index (χ1) is 14.2. The molecular formula is C21H19N3O5S. The Hall–Kier alpha value is -3.59. The van der Waals surface area contributed by atoms with Gasteiger partial charge in [0.1, 0.15) is 5.52 Å². The van der Waals surface area contributed by atoms with Gasteiger partial charge < -0.3 is 15.1 Å². The van der Waals surface area contributed by atoms with Gasteiger partial charge in [-0.25, -0.2) is 8.42 Å². The first kappa shape index (κ1) is 19.7. The Bertz CT molecular complexity index is 1450. The highest BCUT2D eigenvalue weighted by molar-refractivity contribution is 7.92. The molecule has 2 aromatic heterocycles. The van der Waals surface area contributed by atoms with E-state index in [1.165, 1.54) is 0 Å². The molecule has 8 nitrogen and oxygen atoms in total. The Balaban J connectivity index is 1.88. The van der Waals surface area contributed by atoms with Crippen molar-refractivity contribution >= 4 is 43.5 Å². The topological polar surface area (TPSA) is 132 Å². The summed E-state index contributed by atoms with van der Waals surface area (Å²) in [6.07, 6.45) is 3.02. The predicted molar refractivity (Wildman–Crippen MR) is 116 cm³/mol. The summed E-state index contributed by atoms with van der Waals surface area (Å²) in [5.74, 6) is -0.908. The van der Waals surface area contributed by atoms with Crippen molar-refractivity contribution in [3.05, 3.63) is 64.6 Å². The van der Waals surface area contributed by atoms with Crippen molar-refractivity contribution in [1.29, 1.82) is 0 Å². The Morgan fingerprint density at radius 1 is 1.13 bits per heavy atom. The number of H-pyrrole nitrogens is 2. The maximum absolute atomic E-state index is 12.4. The first-order valence-corrected chi connectivity index (χ1v) is 11.1. The van der Waals surface area contributed by atoms with Gasteiger partial charge >= 0.3 is 5.97 Å². The highest BCUT2D eigenvalue weighted by Crippen LogP contribution is 2.31. The van der Waals surface area contributed by atoms with E-state index in [4.69, 9.17) is 5.11 Å². The van der Waals surface area contributed by atoms with E-state index in [1.807, 2.05) is 18.2 Å². The number of pyridine rings is 1. The van der Waals surface area contributed by atoms with Crippen LogP contribution in [0.25, 0.3) is 32.9 Å². The molecule has 0 radical (unpaired) electrons. The average Bonchev–Trinajstić information content (AvgIpc) is 3.10. The third-order valence-corrected chi connectivity index (χ3v) is 5.44. The molecule has 0 fully saturated rings. The minimum atomic E-state index is -3.40. The highest BCUT2D eigenvalue weighted by Gasteiger charge is 2.14. The number of nitrogens with one attached hydrogen (secondary N) is 3. The fourth-order valence-corrected chi connectivity index (χ4v) is 4.15. The summed E-state index contributed by atoms with van der Waals surface area (Å²) in [7, 11) is -3.40. The Morgan fingerprint density at radius 3 is 2.63 bits per heavy atom. The van der Waals surface area contributed by atoms with Gasteiger partial charge in [-0.3, -0.25) is 14.3 Å². The molecule has 0 aliphatic heterocycles. The lowest BCUT2D eigenvalue weighted by Gasteiger charge is -2.09. The fraction of sp³-hybridized carbons (Fsp3) is 0.143. The van der Waals surface area contributed by atoms with Crippen molar-refractivity contribution in [2.45, 2.75) is 12.8 Å². The molecule has 0 bridgehead atoms. The van der Waals surface area contributed by atoms with Gasteiger partial charge in [0.05, 0.1) is 6.26 Å². The summed E-state index contributed by atoms with van der Waals surface area (Å²) < 4.78 is 25.5. The third kappa shape index (κ3) is 3.92. The number of hydrogen-bond donors (Lipinski definition) is 4. The molecule has 2 heterocycles. The number of aromatic amines is 2. The fourth-order valence-electron chi connectivity index (χ4n) is 3.59. The molecule has 2 aromatic carbocycles. The van der Waals surface area contributed by atoms with Crippen LogP contribution in [0.4, 0.5) is 5.69 Å².